The fourth-order valence-corrected chi connectivity index (χ4v) is 3.02. The number of hydrogen-bond donors (Lipinski definition) is 4. The van der Waals surface area contributed by atoms with Gasteiger partial charge in [-0.3, -0.25) is 9.79 Å². The van der Waals surface area contributed by atoms with E-state index in [1.54, 1.807) is 12.1 Å². The van der Waals surface area contributed by atoms with E-state index in [2.05, 4.69) is 25.6 Å². The number of nitrogens with one attached hydrogen (secondary N) is 3. The quantitative estimate of drug-likeness (QED) is 0.255. The molecule has 0 saturated carbocycles. The van der Waals surface area contributed by atoms with Crippen LogP contribution < -0.4 is 10.6 Å². The van der Waals surface area contributed by atoms with Crippen LogP contribution in [0, 0.1) is 0 Å². The lowest BCUT2D eigenvalue weighted by molar-refractivity contribution is 0.0955. The summed E-state index contributed by atoms with van der Waals surface area (Å²) in [5.41, 5.74) is 2.56. The second-order valence-electron chi connectivity index (χ2n) is 7.00. The van der Waals surface area contributed by atoms with Crippen LogP contribution in [0.15, 0.2) is 65.8 Å². The van der Waals surface area contributed by atoms with Crippen LogP contribution in [-0.2, 0) is 6.54 Å². The molecule has 1 aromatic heterocycles. The smallest absolute Gasteiger partial charge is 0.251 e. The van der Waals surface area contributed by atoms with Gasteiger partial charge in [0.2, 0.25) is 0 Å². The highest BCUT2D eigenvalue weighted by molar-refractivity contribution is 5.94. The van der Waals surface area contributed by atoms with Crippen LogP contribution in [0.3, 0.4) is 0 Å². The number of aromatic amines is 1. The molecule has 0 atom stereocenters. The van der Waals surface area contributed by atoms with Gasteiger partial charge in [0.15, 0.2) is 5.96 Å². The third kappa shape index (κ3) is 6.33. The first-order valence-electron chi connectivity index (χ1n) is 10.2. The van der Waals surface area contributed by atoms with Crippen molar-refractivity contribution in [3.8, 4) is 17.0 Å². The summed E-state index contributed by atoms with van der Waals surface area (Å²) in [6, 6.07) is 16.2. The number of aromatic hydroxyl groups is 1. The molecule has 0 bridgehead atoms. The summed E-state index contributed by atoms with van der Waals surface area (Å²) in [5, 5.41) is 15.4. The van der Waals surface area contributed by atoms with Gasteiger partial charge in [0.1, 0.15) is 11.6 Å². The van der Waals surface area contributed by atoms with Crippen molar-refractivity contribution < 1.29 is 9.90 Å². The number of carbonyl (C=O) groups excluding carboxylic acids is 1. The Bertz CT molecular complexity index is 998. The van der Waals surface area contributed by atoms with Gasteiger partial charge in [0.05, 0.1) is 25.0 Å². The van der Waals surface area contributed by atoms with Gasteiger partial charge in [-0.15, -0.1) is 0 Å². The average molecular weight is 421 g/mol. The number of phenols is 1. The Balaban J connectivity index is 1.54. The maximum absolute atomic E-state index is 12.1. The monoisotopic (exact) mass is 420 g/mol. The number of guanidine groups is 1. The van der Waals surface area contributed by atoms with Crippen LogP contribution >= 0.6 is 0 Å². The number of nitrogens with zero attached hydrogens (tertiary/aromatic N) is 3. The van der Waals surface area contributed by atoms with Gasteiger partial charge in [-0.05, 0) is 36.8 Å². The van der Waals surface area contributed by atoms with Gasteiger partial charge in [-0.1, -0.05) is 30.3 Å². The Morgan fingerprint density at radius 1 is 1.13 bits per heavy atom. The standard InChI is InChI=1S/C23H28N6O2/c1-3-24-23(26-14-13-25-22(31)18-9-11-19(30)12-10-18)29(2)16-21-27-15-20(28-21)17-7-5-4-6-8-17/h4-12,15,30H,3,13-14,16H2,1-2H3,(H,24,26)(H,25,31)(H,27,28). The highest BCUT2D eigenvalue weighted by Crippen LogP contribution is 2.16. The van der Waals surface area contributed by atoms with E-state index in [1.807, 2.05) is 55.4 Å². The van der Waals surface area contributed by atoms with Crippen LogP contribution in [0.5, 0.6) is 5.75 Å². The molecule has 4 N–H and O–H groups in total. The molecule has 0 unspecified atom stereocenters. The van der Waals surface area contributed by atoms with E-state index in [1.165, 1.54) is 12.1 Å². The number of imidazole rings is 1. The molecule has 31 heavy (non-hydrogen) atoms. The number of phenolic OH excluding ortho intramolecular Hbond substituents is 1. The van der Waals surface area contributed by atoms with Crippen LogP contribution in [0.4, 0.5) is 0 Å². The fourth-order valence-electron chi connectivity index (χ4n) is 3.02. The van der Waals surface area contributed by atoms with Crippen LogP contribution in [-0.4, -0.2) is 58.5 Å². The molecule has 0 saturated heterocycles. The lowest BCUT2D eigenvalue weighted by Gasteiger charge is -2.21. The minimum Gasteiger partial charge on any atom is -0.508 e. The zero-order valence-electron chi connectivity index (χ0n) is 17.8. The molecule has 2 aromatic carbocycles. The first kappa shape index (κ1) is 21.9. The summed E-state index contributed by atoms with van der Waals surface area (Å²) in [7, 11) is 1.95. The first-order valence-corrected chi connectivity index (χ1v) is 10.2. The summed E-state index contributed by atoms with van der Waals surface area (Å²) in [4.78, 5) is 26.5. The number of aromatic nitrogens is 2. The molecule has 0 aliphatic carbocycles. The van der Waals surface area contributed by atoms with Crippen molar-refractivity contribution in [2.75, 3.05) is 26.7 Å². The highest BCUT2D eigenvalue weighted by atomic mass is 16.3. The molecule has 8 nitrogen and oxygen atoms in total. The van der Waals surface area contributed by atoms with E-state index in [4.69, 9.17) is 0 Å². The van der Waals surface area contributed by atoms with E-state index in [0.717, 1.165) is 29.6 Å². The first-order chi connectivity index (χ1) is 15.1. The molecule has 0 aliphatic rings. The SMILES string of the molecule is CCNC(=NCCNC(=O)c1ccc(O)cc1)N(C)Cc1ncc(-c2ccccc2)[nH]1. The molecule has 0 radical (unpaired) electrons. The molecule has 1 heterocycles. The Morgan fingerprint density at radius 2 is 1.87 bits per heavy atom. The number of hydrogen-bond acceptors (Lipinski definition) is 4. The summed E-state index contributed by atoms with van der Waals surface area (Å²) in [5.74, 6) is 1.51. The number of aliphatic imine (C=N–C) groups is 1. The molecule has 3 aromatic rings. The van der Waals surface area contributed by atoms with Crippen molar-refractivity contribution in [1.82, 2.24) is 25.5 Å². The zero-order valence-corrected chi connectivity index (χ0v) is 17.8. The molecule has 162 valence electrons. The third-order valence-corrected chi connectivity index (χ3v) is 4.59. The molecule has 3 rings (SSSR count). The molecule has 0 aliphatic heterocycles. The van der Waals surface area contributed by atoms with Gasteiger partial charge in [0, 0.05) is 25.7 Å². The second kappa shape index (κ2) is 10.8. The van der Waals surface area contributed by atoms with Crippen molar-refractivity contribution in [2.24, 2.45) is 4.99 Å². The summed E-state index contributed by atoms with van der Waals surface area (Å²) >= 11 is 0. The molecule has 8 heteroatoms. The van der Waals surface area contributed by atoms with Crippen molar-refractivity contribution >= 4 is 11.9 Å². The largest absolute Gasteiger partial charge is 0.508 e. The normalized spacial score (nSPS) is 11.2. The molecule has 1 amide bonds. The highest BCUT2D eigenvalue weighted by Gasteiger charge is 2.10. The number of H-pyrrole nitrogens is 1. The van der Waals surface area contributed by atoms with Gasteiger partial charge >= 0.3 is 0 Å². The maximum Gasteiger partial charge on any atom is 0.251 e. The Morgan fingerprint density at radius 3 is 2.58 bits per heavy atom. The van der Waals surface area contributed by atoms with E-state index in [-0.39, 0.29) is 11.7 Å². The van der Waals surface area contributed by atoms with Crippen LogP contribution in [0.1, 0.15) is 23.1 Å². The average Bonchev–Trinajstić information content (AvgIpc) is 3.25. The number of amides is 1. The van der Waals surface area contributed by atoms with E-state index >= 15 is 0 Å². The van der Waals surface area contributed by atoms with Gasteiger partial charge in [-0.2, -0.15) is 0 Å². The van der Waals surface area contributed by atoms with E-state index in [0.29, 0.717) is 25.2 Å². The predicted molar refractivity (Wildman–Crippen MR) is 122 cm³/mol. The van der Waals surface area contributed by atoms with Crippen LogP contribution in [0.25, 0.3) is 11.3 Å². The third-order valence-electron chi connectivity index (χ3n) is 4.59. The second-order valence-corrected chi connectivity index (χ2v) is 7.00. The van der Waals surface area contributed by atoms with E-state index < -0.39 is 0 Å². The van der Waals surface area contributed by atoms with Crippen molar-refractivity contribution in [2.45, 2.75) is 13.5 Å². The van der Waals surface area contributed by atoms with Gasteiger partial charge in [-0.25, -0.2) is 4.98 Å². The van der Waals surface area contributed by atoms with Crippen LogP contribution in [0.2, 0.25) is 0 Å². The van der Waals surface area contributed by atoms with Crippen molar-refractivity contribution in [1.29, 1.82) is 0 Å². The molecule has 0 spiro atoms. The maximum atomic E-state index is 12.1. The zero-order chi connectivity index (χ0) is 22.1. The molecular formula is C23H28N6O2. The molecular weight excluding hydrogens is 392 g/mol. The Labute approximate surface area is 182 Å². The van der Waals surface area contributed by atoms with E-state index in [9.17, 15) is 9.90 Å². The minimum atomic E-state index is -0.197. The Kier molecular flexibility index (Phi) is 7.64. The van der Waals surface area contributed by atoms with Gasteiger partial charge in [0.25, 0.3) is 5.91 Å². The summed E-state index contributed by atoms with van der Waals surface area (Å²) < 4.78 is 0. The number of rotatable bonds is 8. The van der Waals surface area contributed by atoms with Crippen molar-refractivity contribution in [3.63, 3.8) is 0 Å². The molecule has 0 fully saturated rings. The predicted octanol–water partition coefficient (Wildman–Crippen LogP) is 2.61. The summed E-state index contributed by atoms with van der Waals surface area (Å²) in [6.45, 7) is 4.15. The lowest BCUT2D eigenvalue weighted by Crippen LogP contribution is -2.39. The van der Waals surface area contributed by atoms with Crippen molar-refractivity contribution in [3.05, 3.63) is 72.2 Å². The number of carbonyl (C=O) groups is 1. The lowest BCUT2D eigenvalue weighted by atomic mass is 10.2. The Hall–Kier alpha value is -3.81. The topological polar surface area (TPSA) is 106 Å². The summed E-state index contributed by atoms with van der Waals surface area (Å²) in [6.07, 6.45) is 1.83. The van der Waals surface area contributed by atoms with Gasteiger partial charge < -0.3 is 25.6 Å². The fraction of sp³-hybridized carbons (Fsp3) is 0.261. The minimum absolute atomic E-state index is 0.131. The number of benzene rings is 2.